The first kappa shape index (κ1) is 10.7. The van der Waals surface area contributed by atoms with Crippen LogP contribution in [0.3, 0.4) is 0 Å². The van der Waals surface area contributed by atoms with Crippen LogP contribution >= 0.6 is 0 Å². The van der Waals surface area contributed by atoms with Crippen LogP contribution in [0.1, 0.15) is 0 Å². The number of nitrogens with one attached hydrogen (secondary N) is 1. The summed E-state index contributed by atoms with van der Waals surface area (Å²) in [6, 6.07) is 14.8. The van der Waals surface area contributed by atoms with Crippen LogP contribution < -0.4 is 0 Å². The average molecular weight is 238 g/mol. The van der Waals surface area contributed by atoms with Gasteiger partial charge < -0.3 is 4.98 Å². The number of hydrogen-bond donors (Lipinski definition) is 1. The Balaban J connectivity index is 2.25. The fourth-order valence-electron chi connectivity index (χ4n) is 2.03. The van der Waals surface area contributed by atoms with E-state index in [0.29, 0.717) is 11.4 Å². The van der Waals surface area contributed by atoms with Gasteiger partial charge in [-0.05, 0) is 17.2 Å². The van der Waals surface area contributed by atoms with E-state index in [1.165, 1.54) is 6.07 Å². The van der Waals surface area contributed by atoms with Crippen molar-refractivity contribution in [1.82, 2.24) is 9.97 Å². The molecule has 0 saturated heterocycles. The molecule has 1 aromatic heterocycles. The summed E-state index contributed by atoms with van der Waals surface area (Å²) >= 11 is 0. The van der Waals surface area contributed by atoms with Gasteiger partial charge in [-0.1, -0.05) is 42.5 Å². The maximum absolute atomic E-state index is 14.0. The summed E-state index contributed by atoms with van der Waals surface area (Å²) in [5, 5.41) is 0. The summed E-state index contributed by atoms with van der Waals surface area (Å²) in [5.41, 5.74) is 2.32. The van der Waals surface area contributed by atoms with Crippen molar-refractivity contribution in [2.45, 2.75) is 0 Å². The number of imidazole rings is 1. The molecule has 0 aliphatic rings. The molecule has 0 spiro atoms. The predicted molar refractivity (Wildman–Crippen MR) is 69.4 cm³/mol. The Morgan fingerprint density at radius 3 is 2.50 bits per heavy atom. The first-order chi connectivity index (χ1) is 8.86. The molecule has 0 atom stereocenters. The van der Waals surface area contributed by atoms with E-state index >= 15 is 0 Å². The summed E-state index contributed by atoms with van der Waals surface area (Å²) in [6.07, 6.45) is 3.31. The van der Waals surface area contributed by atoms with Crippen molar-refractivity contribution in [3.8, 4) is 22.5 Å². The molecule has 88 valence electrons. The van der Waals surface area contributed by atoms with Gasteiger partial charge in [0, 0.05) is 12.4 Å². The lowest BCUT2D eigenvalue weighted by molar-refractivity contribution is 0.630. The van der Waals surface area contributed by atoms with Gasteiger partial charge in [0.05, 0.1) is 5.56 Å². The lowest BCUT2D eigenvalue weighted by Crippen LogP contribution is -1.91. The quantitative estimate of drug-likeness (QED) is 0.721. The Hall–Kier alpha value is -2.42. The SMILES string of the molecule is Fc1cccc(-c2ccccc2)c1-c1ncc[nH]1. The number of rotatable bonds is 2. The minimum atomic E-state index is -0.272. The van der Waals surface area contributed by atoms with Gasteiger partial charge in [-0.25, -0.2) is 9.37 Å². The van der Waals surface area contributed by atoms with E-state index in [4.69, 9.17) is 0 Å². The third-order valence-electron chi connectivity index (χ3n) is 2.83. The summed E-state index contributed by atoms with van der Waals surface area (Å²) < 4.78 is 14.0. The maximum Gasteiger partial charge on any atom is 0.140 e. The fourth-order valence-corrected chi connectivity index (χ4v) is 2.03. The Morgan fingerprint density at radius 2 is 1.78 bits per heavy atom. The van der Waals surface area contributed by atoms with Crippen molar-refractivity contribution in [2.24, 2.45) is 0 Å². The van der Waals surface area contributed by atoms with Crippen LogP contribution in [0, 0.1) is 5.82 Å². The second kappa shape index (κ2) is 4.45. The van der Waals surface area contributed by atoms with Gasteiger partial charge in [0.2, 0.25) is 0 Å². The Morgan fingerprint density at radius 1 is 0.944 bits per heavy atom. The molecule has 3 heteroatoms. The predicted octanol–water partition coefficient (Wildman–Crippen LogP) is 3.88. The van der Waals surface area contributed by atoms with E-state index in [2.05, 4.69) is 9.97 Å². The van der Waals surface area contributed by atoms with Crippen molar-refractivity contribution in [2.75, 3.05) is 0 Å². The number of H-pyrrole nitrogens is 1. The van der Waals surface area contributed by atoms with Gasteiger partial charge in [0.15, 0.2) is 0 Å². The van der Waals surface area contributed by atoms with Gasteiger partial charge in [-0.2, -0.15) is 0 Å². The number of benzene rings is 2. The Kier molecular flexibility index (Phi) is 2.65. The first-order valence-corrected chi connectivity index (χ1v) is 5.70. The monoisotopic (exact) mass is 238 g/mol. The number of halogens is 1. The third-order valence-corrected chi connectivity index (χ3v) is 2.83. The van der Waals surface area contributed by atoms with Crippen LogP contribution in [0.5, 0.6) is 0 Å². The van der Waals surface area contributed by atoms with E-state index < -0.39 is 0 Å². The largest absolute Gasteiger partial charge is 0.345 e. The molecule has 0 unspecified atom stereocenters. The fraction of sp³-hybridized carbons (Fsp3) is 0. The van der Waals surface area contributed by atoms with Crippen LogP contribution in [0.25, 0.3) is 22.5 Å². The molecule has 0 saturated carbocycles. The molecule has 0 aliphatic carbocycles. The topological polar surface area (TPSA) is 28.7 Å². The molecule has 0 fully saturated rings. The van der Waals surface area contributed by atoms with Crippen LogP contribution in [0.2, 0.25) is 0 Å². The van der Waals surface area contributed by atoms with Crippen LogP contribution in [0.4, 0.5) is 4.39 Å². The van der Waals surface area contributed by atoms with Gasteiger partial charge in [-0.15, -0.1) is 0 Å². The molecule has 1 heterocycles. The lowest BCUT2D eigenvalue weighted by Gasteiger charge is -2.08. The smallest absolute Gasteiger partial charge is 0.140 e. The van der Waals surface area contributed by atoms with Crippen molar-refractivity contribution in [3.05, 3.63) is 66.7 Å². The Bertz CT molecular complexity index is 646. The van der Waals surface area contributed by atoms with E-state index in [-0.39, 0.29) is 5.82 Å². The second-order valence-corrected chi connectivity index (χ2v) is 3.97. The highest BCUT2D eigenvalue weighted by atomic mass is 19.1. The lowest BCUT2D eigenvalue weighted by atomic mass is 9.99. The highest BCUT2D eigenvalue weighted by Gasteiger charge is 2.13. The summed E-state index contributed by atoms with van der Waals surface area (Å²) in [4.78, 5) is 7.09. The molecule has 0 radical (unpaired) electrons. The van der Waals surface area contributed by atoms with E-state index in [1.807, 2.05) is 36.4 Å². The van der Waals surface area contributed by atoms with Crippen LogP contribution in [-0.2, 0) is 0 Å². The molecule has 1 N–H and O–H groups in total. The van der Waals surface area contributed by atoms with E-state index in [0.717, 1.165) is 11.1 Å². The molecular weight excluding hydrogens is 227 g/mol. The maximum atomic E-state index is 14.0. The van der Waals surface area contributed by atoms with Crippen molar-refractivity contribution in [3.63, 3.8) is 0 Å². The molecule has 18 heavy (non-hydrogen) atoms. The zero-order chi connectivity index (χ0) is 12.4. The van der Waals surface area contributed by atoms with Gasteiger partial charge in [-0.3, -0.25) is 0 Å². The summed E-state index contributed by atoms with van der Waals surface area (Å²) in [7, 11) is 0. The van der Waals surface area contributed by atoms with Crippen LogP contribution in [0.15, 0.2) is 60.9 Å². The molecule has 2 aromatic carbocycles. The minimum absolute atomic E-state index is 0.272. The van der Waals surface area contributed by atoms with Crippen molar-refractivity contribution in [1.29, 1.82) is 0 Å². The van der Waals surface area contributed by atoms with Gasteiger partial charge in [0.25, 0.3) is 0 Å². The minimum Gasteiger partial charge on any atom is -0.345 e. The molecular formula is C15H11FN2. The zero-order valence-electron chi connectivity index (χ0n) is 9.60. The van der Waals surface area contributed by atoms with E-state index in [9.17, 15) is 4.39 Å². The number of aromatic nitrogens is 2. The first-order valence-electron chi connectivity index (χ1n) is 5.70. The Labute approximate surface area is 104 Å². The molecule has 0 bridgehead atoms. The highest BCUT2D eigenvalue weighted by molar-refractivity contribution is 5.80. The van der Waals surface area contributed by atoms with Crippen LogP contribution in [-0.4, -0.2) is 9.97 Å². The third kappa shape index (κ3) is 1.80. The molecule has 3 aromatic rings. The summed E-state index contributed by atoms with van der Waals surface area (Å²) in [6.45, 7) is 0. The van der Waals surface area contributed by atoms with Gasteiger partial charge in [0.1, 0.15) is 11.6 Å². The van der Waals surface area contributed by atoms with Gasteiger partial charge >= 0.3 is 0 Å². The average Bonchev–Trinajstić information content (AvgIpc) is 2.93. The summed E-state index contributed by atoms with van der Waals surface area (Å²) in [5.74, 6) is 0.276. The highest BCUT2D eigenvalue weighted by Crippen LogP contribution is 2.31. The number of nitrogens with zero attached hydrogens (tertiary/aromatic N) is 1. The normalized spacial score (nSPS) is 10.5. The number of aromatic amines is 1. The van der Waals surface area contributed by atoms with Crippen molar-refractivity contribution < 1.29 is 4.39 Å². The molecule has 3 rings (SSSR count). The second-order valence-electron chi connectivity index (χ2n) is 3.97. The van der Waals surface area contributed by atoms with E-state index in [1.54, 1.807) is 18.5 Å². The molecule has 0 aliphatic heterocycles. The molecule has 0 amide bonds. The molecule has 2 nitrogen and oxygen atoms in total. The number of hydrogen-bond acceptors (Lipinski definition) is 1. The zero-order valence-corrected chi connectivity index (χ0v) is 9.60. The van der Waals surface area contributed by atoms with Crippen molar-refractivity contribution >= 4 is 0 Å². The standard InChI is InChI=1S/C15H11FN2/c16-13-8-4-7-12(11-5-2-1-3-6-11)14(13)15-17-9-10-18-15/h1-10H,(H,17,18).